The number of piperidine rings is 1. The normalized spacial score (nSPS) is 39.7. The zero-order valence-corrected chi connectivity index (χ0v) is 20.1. The van der Waals surface area contributed by atoms with Gasteiger partial charge in [-0.15, -0.1) is 0 Å². The molecule has 1 saturated heterocycles. The summed E-state index contributed by atoms with van der Waals surface area (Å²) >= 11 is 0. The first-order valence-electron chi connectivity index (χ1n) is 13.1. The van der Waals surface area contributed by atoms with E-state index in [1.165, 1.54) is 43.2 Å². The van der Waals surface area contributed by atoms with Crippen molar-refractivity contribution in [3.8, 4) is 16.9 Å². The Labute approximate surface area is 198 Å². The molecular formula is C30H37NO2. The number of amides is 1. The smallest absolute Gasteiger partial charge is 0.220 e. The quantitative estimate of drug-likeness (QED) is 0.579. The van der Waals surface area contributed by atoms with Crippen molar-refractivity contribution in [2.24, 2.45) is 28.6 Å². The Morgan fingerprint density at radius 2 is 1.52 bits per heavy atom. The third kappa shape index (κ3) is 3.42. The van der Waals surface area contributed by atoms with Crippen molar-refractivity contribution in [2.45, 2.75) is 77.4 Å². The van der Waals surface area contributed by atoms with Crippen LogP contribution in [0.5, 0.6) is 5.75 Å². The number of nitrogens with one attached hydrogen (secondary N) is 1. The summed E-state index contributed by atoms with van der Waals surface area (Å²) in [6.07, 6.45) is 9.51. The largest absolute Gasteiger partial charge is 0.490 e. The van der Waals surface area contributed by atoms with Crippen LogP contribution in [0.3, 0.4) is 0 Å². The van der Waals surface area contributed by atoms with Crippen LogP contribution in [0.2, 0.25) is 0 Å². The molecule has 2 aromatic rings. The molecule has 0 bridgehead atoms. The molecule has 3 nitrogen and oxygen atoms in total. The van der Waals surface area contributed by atoms with Crippen LogP contribution in [0.1, 0.15) is 65.2 Å². The lowest BCUT2D eigenvalue weighted by atomic mass is 9.47. The Balaban J connectivity index is 1.18. The molecular weight excluding hydrogens is 406 g/mol. The Morgan fingerprint density at radius 1 is 0.788 bits per heavy atom. The van der Waals surface area contributed by atoms with Crippen molar-refractivity contribution in [1.29, 1.82) is 0 Å². The summed E-state index contributed by atoms with van der Waals surface area (Å²) in [4.78, 5) is 12.0. The zero-order chi connectivity index (χ0) is 22.6. The van der Waals surface area contributed by atoms with Gasteiger partial charge >= 0.3 is 0 Å². The number of benzene rings is 2. The summed E-state index contributed by atoms with van der Waals surface area (Å²) in [5, 5.41) is 3.36. The molecule has 6 rings (SSSR count). The van der Waals surface area contributed by atoms with E-state index in [1.54, 1.807) is 0 Å². The highest BCUT2D eigenvalue weighted by Gasteiger charge is 2.61. The monoisotopic (exact) mass is 443 g/mol. The lowest BCUT2D eigenvalue weighted by molar-refractivity contribution is -0.137. The van der Waals surface area contributed by atoms with Crippen molar-refractivity contribution in [3.63, 3.8) is 0 Å². The molecule has 2 unspecified atom stereocenters. The van der Waals surface area contributed by atoms with E-state index in [9.17, 15) is 4.79 Å². The lowest BCUT2D eigenvalue weighted by Crippen LogP contribution is -2.61. The Bertz CT molecular complexity index is 1020. The van der Waals surface area contributed by atoms with Crippen LogP contribution in [-0.4, -0.2) is 18.1 Å². The minimum Gasteiger partial charge on any atom is -0.490 e. The molecule has 7 atom stereocenters. The van der Waals surface area contributed by atoms with Crippen LogP contribution in [0, 0.1) is 28.6 Å². The van der Waals surface area contributed by atoms with E-state index >= 15 is 0 Å². The maximum atomic E-state index is 12.0. The number of carbonyl (C=O) groups excluding carboxylic acids is 1. The second-order valence-corrected chi connectivity index (χ2v) is 11.7. The van der Waals surface area contributed by atoms with Crippen molar-refractivity contribution < 1.29 is 9.53 Å². The van der Waals surface area contributed by atoms with Crippen LogP contribution >= 0.6 is 0 Å². The van der Waals surface area contributed by atoms with Gasteiger partial charge in [0.05, 0.1) is 0 Å². The molecule has 0 radical (unpaired) electrons. The molecule has 4 aliphatic rings. The predicted octanol–water partition coefficient (Wildman–Crippen LogP) is 6.62. The number of carbonyl (C=O) groups is 1. The molecule has 1 aliphatic heterocycles. The summed E-state index contributed by atoms with van der Waals surface area (Å²) in [5.74, 6) is 3.56. The number of rotatable bonds is 3. The van der Waals surface area contributed by atoms with E-state index < -0.39 is 0 Å². The maximum Gasteiger partial charge on any atom is 0.220 e. The summed E-state index contributed by atoms with van der Waals surface area (Å²) in [6.45, 7) is 4.99. The fourth-order valence-corrected chi connectivity index (χ4v) is 8.37. The molecule has 0 aromatic heterocycles. The van der Waals surface area contributed by atoms with Gasteiger partial charge in [-0.1, -0.05) is 56.3 Å². The molecule has 1 amide bonds. The van der Waals surface area contributed by atoms with Gasteiger partial charge in [0.1, 0.15) is 11.9 Å². The highest BCUT2D eigenvalue weighted by atomic mass is 16.5. The number of ether oxygens (including phenoxy) is 1. The van der Waals surface area contributed by atoms with Gasteiger partial charge in [-0.25, -0.2) is 0 Å². The highest BCUT2D eigenvalue weighted by molar-refractivity contribution is 5.77. The van der Waals surface area contributed by atoms with Gasteiger partial charge in [0.25, 0.3) is 0 Å². The average molecular weight is 444 g/mol. The van der Waals surface area contributed by atoms with Gasteiger partial charge in [0.2, 0.25) is 5.91 Å². The fraction of sp³-hybridized carbons (Fsp3) is 0.567. The predicted molar refractivity (Wildman–Crippen MR) is 132 cm³/mol. The number of hydrogen-bond acceptors (Lipinski definition) is 2. The van der Waals surface area contributed by atoms with Crippen LogP contribution < -0.4 is 10.1 Å². The molecule has 4 fully saturated rings. The van der Waals surface area contributed by atoms with Gasteiger partial charge < -0.3 is 10.1 Å². The van der Waals surface area contributed by atoms with E-state index in [1.807, 2.05) is 0 Å². The first-order valence-corrected chi connectivity index (χ1v) is 13.1. The van der Waals surface area contributed by atoms with Gasteiger partial charge in [-0.05, 0) is 91.4 Å². The molecule has 0 spiro atoms. The van der Waals surface area contributed by atoms with E-state index in [-0.39, 0.29) is 16.7 Å². The first-order chi connectivity index (χ1) is 16.0. The van der Waals surface area contributed by atoms with E-state index in [0.717, 1.165) is 36.3 Å². The molecule has 3 aliphatic carbocycles. The van der Waals surface area contributed by atoms with Gasteiger partial charge in [0, 0.05) is 17.9 Å². The van der Waals surface area contributed by atoms with E-state index in [0.29, 0.717) is 18.6 Å². The second-order valence-electron chi connectivity index (χ2n) is 11.7. The number of fused-ring (bicyclic) bond motifs is 5. The molecule has 2 aromatic carbocycles. The summed E-state index contributed by atoms with van der Waals surface area (Å²) in [7, 11) is 0. The Hall–Kier alpha value is -2.29. The van der Waals surface area contributed by atoms with Crippen LogP contribution in [0.4, 0.5) is 0 Å². The topological polar surface area (TPSA) is 38.3 Å². The fourth-order valence-electron chi connectivity index (χ4n) is 8.37. The van der Waals surface area contributed by atoms with Gasteiger partial charge in [-0.2, -0.15) is 0 Å². The maximum absolute atomic E-state index is 12.0. The second kappa shape index (κ2) is 7.89. The molecule has 3 heteroatoms. The van der Waals surface area contributed by atoms with Crippen molar-refractivity contribution >= 4 is 5.91 Å². The highest BCUT2D eigenvalue weighted by Crippen LogP contribution is 2.64. The SMILES string of the molecule is C[C@]12CCC(=O)NC1CC[C@@H]1[C@H]2CC[C@]2(C)C(Oc3ccc(-c4ccccc4)cc3)CC[C@@H]12. The lowest BCUT2D eigenvalue weighted by Gasteiger charge is -2.60. The Kier molecular flexibility index (Phi) is 5.08. The third-order valence-corrected chi connectivity index (χ3v) is 10.2. The average Bonchev–Trinajstić information content (AvgIpc) is 3.17. The Morgan fingerprint density at radius 3 is 2.30 bits per heavy atom. The van der Waals surface area contributed by atoms with Crippen LogP contribution in [0.25, 0.3) is 11.1 Å². The van der Waals surface area contributed by atoms with Gasteiger partial charge in [-0.3, -0.25) is 4.79 Å². The van der Waals surface area contributed by atoms with Crippen LogP contribution in [-0.2, 0) is 4.79 Å². The van der Waals surface area contributed by atoms with Crippen molar-refractivity contribution in [1.82, 2.24) is 5.32 Å². The minimum absolute atomic E-state index is 0.264. The zero-order valence-electron chi connectivity index (χ0n) is 20.1. The molecule has 1 heterocycles. The molecule has 174 valence electrons. The van der Waals surface area contributed by atoms with Crippen LogP contribution in [0.15, 0.2) is 54.6 Å². The first kappa shape index (κ1) is 21.3. The summed E-state index contributed by atoms with van der Waals surface area (Å²) in [5.41, 5.74) is 3.03. The van der Waals surface area contributed by atoms with Gasteiger partial charge in [0.15, 0.2) is 0 Å². The number of hydrogen-bond donors (Lipinski definition) is 1. The molecule has 1 N–H and O–H groups in total. The molecule has 3 saturated carbocycles. The van der Waals surface area contributed by atoms with Crippen molar-refractivity contribution in [3.05, 3.63) is 54.6 Å². The summed E-state index contributed by atoms with van der Waals surface area (Å²) < 4.78 is 6.71. The minimum atomic E-state index is 0.264. The standard InChI is InChI=1S/C30H37NO2/c1-29-19-17-28(32)31-26(29)14-12-23-24-13-15-27(30(24,2)18-16-25(23)29)33-22-10-8-21(9-11-22)20-6-4-3-5-7-20/h3-11,23-27H,12-19H2,1-2H3,(H,31,32)/t23-,24-,25+,26?,27?,29+,30-/m0/s1. The third-order valence-electron chi connectivity index (χ3n) is 10.2. The summed E-state index contributed by atoms with van der Waals surface area (Å²) in [6, 6.07) is 19.6. The van der Waals surface area contributed by atoms with E-state index in [4.69, 9.17) is 4.74 Å². The van der Waals surface area contributed by atoms with Crippen molar-refractivity contribution in [2.75, 3.05) is 0 Å². The molecule has 33 heavy (non-hydrogen) atoms. The van der Waals surface area contributed by atoms with E-state index in [2.05, 4.69) is 73.8 Å².